The Kier molecular flexibility index (Phi) is 6.73. The molecule has 3 N–H and O–H groups in total. The molecule has 1 amide bonds. The number of hydrogen-bond donors (Lipinski definition) is 3. The summed E-state index contributed by atoms with van der Waals surface area (Å²) >= 11 is 3.77. The molecule has 35 heavy (non-hydrogen) atoms. The Labute approximate surface area is 226 Å². The number of carbonyl (C=O) groups is 1. The number of fused-ring (bicyclic) bond motifs is 5. The van der Waals surface area contributed by atoms with Crippen LogP contribution in [0.25, 0.3) is 22.3 Å². The van der Waals surface area contributed by atoms with Crippen LogP contribution in [0.3, 0.4) is 0 Å². The average molecular weight is 708 g/mol. The molecule has 2 aromatic heterocycles. The fraction of sp³-hybridized carbons (Fsp3) is 0.318. The molecule has 0 fully saturated rings. The number of hydrogen-bond acceptors (Lipinski definition) is 8. The molecule has 0 radical (unpaired) electrons. The highest BCUT2D eigenvalue weighted by Crippen LogP contribution is 2.39. The highest BCUT2D eigenvalue weighted by molar-refractivity contribution is 14.1. The van der Waals surface area contributed by atoms with E-state index in [2.05, 4.69) is 8.51 Å². The van der Waals surface area contributed by atoms with Gasteiger partial charge < -0.3 is 24.3 Å². The van der Waals surface area contributed by atoms with Crippen LogP contribution in [0.15, 0.2) is 23.0 Å². The lowest BCUT2D eigenvalue weighted by Crippen LogP contribution is -2.34. The first kappa shape index (κ1) is 24.8. The number of ether oxygens (including phenoxy) is 2. The van der Waals surface area contributed by atoms with E-state index >= 15 is 0 Å². The zero-order valence-electron chi connectivity index (χ0n) is 18.2. The third-order valence-electron chi connectivity index (χ3n) is 6.20. The molecule has 0 bridgehead atoms. The van der Waals surface area contributed by atoms with Crippen LogP contribution < -0.4 is 13.8 Å². The van der Waals surface area contributed by atoms with E-state index in [1.807, 2.05) is 29.8 Å². The Hall–Kier alpha value is -1.92. The Balaban J connectivity index is 1.57. The molecule has 0 saturated heterocycles. The van der Waals surface area contributed by atoms with Crippen LogP contribution in [0.5, 0.6) is 5.75 Å². The smallest absolute Gasteiger partial charge is 0.407 e. The van der Waals surface area contributed by atoms with Crippen molar-refractivity contribution in [2.24, 2.45) is 0 Å². The predicted molar refractivity (Wildman–Crippen MR) is 140 cm³/mol. The maximum Gasteiger partial charge on any atom is 0.424 e. The molecule has 4 heterocycles. The van der Waals surface area contributed by atoms with E-state index in [0.29, 0.717) is 40.9 Å². The number of carbonyl (C=O) groups excluding carboxylic acids is 1. The van der Waals surface area contributed by atoms with Gasteiger partial charge in [-0.2, -0.15) is 0 Å². The Morgan fingerprint density at radius 3 is 2.89 bits per heavy atom. The van der Waals surface area contributed by atoms with Crippen LogP contribution >= 0.6 is 45.7 Å². The third-order valence-corrected chi connectivity index (χ3v) is 7.62. The molecular formula is C22H19FI2N4O6. The summed E-state index contributed by atoms with van der Waals surface area (Å²) in [4.78, 5) is 30.1. The van der Waals surface area contributed by atoms with Crippen LogP contribution in [0.4, 0.5) is 9.18 Å². The minimum Gasteiger partial charge on any atom is -0.407 e. The molecule has 13 heteroatoms. The number of nitrogens with one attached hydrogen (secondary N) is 1. The molecule has 0 saturated carbocycles. The van der Waals surface area contributed by atoms with Crippen molar-refractivity contribution in [1.29, 1.82) is 0 Å². The topological polar surface area (TPSA) is 126 Å². The number of halogens is 3. The number of rotatable bonds is 4. The first-order chi connectivity index (χ1) is 16.7. The summed E-state index contributed by atoms with van der Waals surface area (Å²) in [5.74, 6) is -0.958. The van der Waals surface area contributed by atoms with Gasteiger partial charge in [-0.05, 0) is 30.2 Å². The molecule has 1 aromatic carbocycles. The lowest BCUT2D eigenvalue weighted by Gasteiger charge is -2.26. The van der Waals surface area contributed by atoms with Gasteiger partial charge in [0.25, 0.3) is 5.56 Å². The molecule has 2 aliphatic heterocycles. The van der Waals surface area contributed by atoms with Crippen LogP contribution in [0.1, 0.15) is 28.4 Å². The summed E-state index contributed by atoms with van der Waals surface area (Å²) in [5, 5.41) is 20.8. The van der Waals surface area contributed by atoms with Crippen molar-refractivity contribution >= 4 is 62.7 Å². The summed E-state index contributed by atoms with van der Waals surface area (Å²) in [6.07, 6.45) is -3.49. The van der Waals surface area contributed by atoms with E-state index in [1.54, 1.807) is 28.9 Å². The van der Waals surface area contributed by atoms with Gasteiger partial charge >= 0.3 is 6.09 Å². The van der Waals surface area contributed by atoms with Gasteiger partial charge in [0.1, 0.15) is 6.10 Å². The van der Waals surface area contributed by atoms with Crippen LogP contribution in [-0.4, -0.2) is 48.4 Å². The molecular weight excluding hydrogens is 689 g/mol. The SMILES string of the molecule is Cc1c2c(nc3cc(F)c(OC(=O)N(I)CCNI)cc13)-c1cc3c(c(=O)n1C2)COC(O)[C@H]3O. The molecule has 0 aliphatic carbocycles. The first-order valence-corrected chi connectivity index (χ1v) is 12.6. The third kappa shape index (κ3) is 4.21. The Morgan fingerprint density at radius 2 is 2.14 bits per heavy atom. The second-order valence-corrected chi connectivity index (χ2v) is 10.1. The normalized spacial score (nSPS) is 18.2. The molecule has 10 nitrogen and oxygen atoms in total. The van der Waals surface area contributed by atoms with Crippen molar-refractivity contribution in [1.82, 2.24) is 16.2 Å². The van der Waals surface area contributed by atoms with Gasteiger partial charge in [0.2, 0.25) is 0 Å². The lowest BCUT2D eigenvalue weighted by atomic mass is 9.99. The number of benzene rings is 1. The average Bonchev–Trinajstić information content (AvgIpc) is 3.20. The maximum absolute atomic E-state index is 14.9. The molecule has 3 aromatic rings. The van der Waals surface area contributed by atoms with E-state index in [4.69, 9.17) is 9.47 Å². The number of pyridine rings is 2. The van der Waals surface area contributed by atoms with Crippen LogP contribution in [-0.2, 0) is 17.9 Å². The number of aryl methyl sites for hydroxylation is 1. The van der Waals surface area contributed by atoms with Crippen molar-refractivity contribution in [3.8, 4) is 17.1 Å². The number of nitrogens with zero attached hydrogens (tertiary/aromatic N) is 3. The van der Waals surface area contributed by atoms with Gasteiger partial charge in [-0.1, -0.05) is 0 Å². The monoisotopic (exact) mass is 708 g/mol. The molecule has 2 aliphatic rings. The maximum atomic E-state index is 14.9. The van der Waals surface area contributed by atoms with E-state index in [-0.39, 0.29) is 30.0 Å². The Morgan fingerprint density at radius 1 is 1.37 bits per heavy atom. The van der Waals surface area contributed by atoms with Gasteiger partial charge in [0.05, 0.1) is 52.9 Å². The summed E-state index contributed by atoms with van der Waals surface area (Å²) in [7, 11) is 0. The highest BCUT2D eigenvalue weighted by Gasteiger charge is 2.34. The quantitative estimate of drug-likeness (QED) is 0.219. The number of aromatic nitrogens is 2. The van der Waals surface area contributed by atoms with Gasteiger partial charge in [-0.3, -0.25) is 8.32 Å². The molecule has 5 rings (SSSR count). The zero-order valence-corrected chi connectivity index (χ0v) is 22.5. The van der Waals surface area contributed by atoms with Crippen molar-refractivity contribution in [3.05, 3.63) is 56.6 Å². The number of amides is 1. The first-order valence-electron chi connectivity index (χ1n) is 10.6. The van der Waals surface area contributed by atoms with Gasteiger partial charge in [-0.15, -0.1) is 0 Å². The van der Waals surface area contributed by atoms with Gasteiger partial charge in [-0.25, -0.2) is 17.3 Å². The van der Waals surface area contributed by atoms with E-state index < -0.39 is 24.3 Å². The van der Waals surface area contributed by atoms with E-state index in [1.165, 1.54) is 19.8 Å². The summed E-state index contributed by atoms with van der Waals surface area (Å²) in [6.45, 7) is 2.88. The second kappa shape index (κ2) is 9.51. The van der Waals surface area contributed by atoms with Crippen molar-refractivity contribution in [3.63, 3.8) is 0 Å². The molecule has 184 valence electrons. The van der Waals surface area contributed by atoms with Crippen molar-refractivity contribution in [2.75, 3.05) is 13.1 Å². The number of aliphatic hydroxyl groups excluding tert-OH is 2. The van der Waals surface area contributed by atoms with Gasteiger partial charge in [0.15, 0.2) is 17.9 Å². The van der Waals surface area contributed by atoms with E-state index in [9.17, 15) is 24.2 Å². The van der Waals surface area contributed by atoms with E-state index in [0.717, 1.165) is 11.1 Å². The minimum atomic E-state index is -1.43. The molecule has 1 unspecified atom stereocenters. The fourth-order valence-electron chi connectivity index (χ4n) is 4.36. The highest BCUT2D eigenvalue weighted by atomic mass is 127. The van der Waals surface area contributed by atoms with Crippen molar-refractivity contribution in [2.45, 2.75) is 32.5 Å². The molecule has 2 atom stereocenters. The standard InChI is InChI=1S/C22H19FI2N4O6/c1-9-10-5-17(35-22(33)29(25)3-2-26-24)14(23)6-15(10)27-18-12(9)7-28-16(18)4-11-13(20(28)31)8-34-21(32)19(11)30/h4-6,19,21,26,30,32H,2-3,7-8H2,1H3/t19-,21?/m0/s1. The predicted octanol–water partition coefficient (Wildman–Crippen LogP) is 2.85. The summed E-state index contributed by atoms with van der Waals surface area (Å²) in [5.41, 5.74) is 3.07. The lowest BCUT2D eigenvalue weighted by molar-refractivity contribution is -0.181. The van der Waals surface area contributed by atoms with Crippen LogP contribution in [0, 0.1) is 12.7 Å². The molecule has 0 spiro atoms. The fourth-order valence-corrected chi connectivity index (χ4v) is 4.95. The van der Waals surface area contributed by atoms with Gasteiger partial charge in [0, 0.05) is 58.5 Å². The largest absolute Gasteiger partial charge is 0.424 e. The Bertz CT molecular complexity index is 1430. The van der Waals surface area contributed by atoms with Crippen molar-refractivity contribution < 1.29 is 28.9 Å². The summed E-state index contributed by atoms with van der Waals surface area (Å²) < 4.78 is 31.0. The minimum absolute atomic E-state index is 0.112. The van der Waals surface area contributed by atoms with Crippen LogP contribution in [0.2, 0.25) is 0 Å². The second-order valence-electron chi connectivity index (χ2n) is 8.20. The number of aliphatic hydroxyl groups is 2. The zero-order chi connectivity index (χ0) is 25.0. The summed E-state index contributed by atoms with van der Waals surface area (Å²) in [6, 6.07) is 4.26.